The van der Waals surface area contributed by atoms with E-state index in [1.54, 1.807) is 6.07 Å². The molecule has 1 saturated heterocycles. The van der Waals surface area contributed by atoms with E-state index in [1.807, 2.05) is 18.2 Å². The Kier molecular flexibility index (Phi) is 8.79. The average molecular weight is 538 g/mol. The lowest BCUT2D eigenvalue weighted by Gasteiger charge is -2.40. The lowest BCUT2D eigenvalue weighted by molar-refractivity contribution is -0.253. The number of aliphatic hydroxyl groups is 4. The van der Waals surface area contributed by atoms with Crippen molar-refractivity contribution in [3.63, 3.8) is 0 Å². The number of carbonyl (C=O) groups excluding carboxylic acids is 1. The first-order valence-electron chi connectivity index (χ1n) is 12.4. The highest BCUT2D eigenvalue weighted by Crippen LogP contribution is 2.33. The molecule has 3 aromatic rings. The number of nitriles is 1. The molecule has 2 aromatic carbocycles. The molecule has 5 N–H and O–H groups in total. The summed E-state index contributed by atoms with van der Waals surface area (Å²) in [5, 5.41) is 53.8. The number of ether oxygens (including phenoxy) is 1. The lowest BCUT2D eigenvalue weighted by Crippen LogP contribution is -2.64. The lowest BCUT2D eigenvalue weighted by atomic mass is 9.97. The van der Waals surface area contributed by atoms with Gasteiger partial charge in [0.05, 0.1) is 6.61 Å². The Morgan fingerprint density at radius 2 is 1.79 bits per heavy atom. The fourth-order valence-electron chi connectivity index (χ4n) is 4.53. The summed E-state index contributed by atoms with van der Waals surface area (Å²) in [6, 6.07) is 16.8. The molecule has 0 bridgehead atoms. The zero-order valence-corrected chi connectivity index (χ0v) is 21.9. The van der Waals surface area contributed by atoms with E-state index in [9.17, 15) is 30.5 Å². The monoisotopic (exact) mass is 537 g/mol. The van der Waals surface area contributed by atoms with Gasteiger partial charge in [-0.25, -0.2) is 0 Å². The van der Waals surface area contributed by atoms with Crippen LogP contribution in [-0.4, -0.2) is 76.7 Å². The van der Waals surface area contributed by atoms with Crippen LogP contribution >= 0.6 is 11.3 Å². The maximum Gasteiger partial charge on any atom is 0.262 e. The van der Waals surface area contributed by atoms with Crippen LogP contribution in [-0.2, 0) is 9.53 Å². The van der Waals surface area contributed by atoms with Crippen LogP contribution in [0.2, 0.25) is 0 Å². The minimum atomic E-state index is -1.67. The van der Waals surface area contributed by atoms with Gasteiger partial charge in [-0.3, -0.25) is 4.79 Å². The van der Waals surface area contributed by atoms with Gasteiger partial charge in [0.1, 0.15) is 36.0 Å². The number of carbonyl (C=O) groups is 1. The first-order chi connectivity index (χ1) is 18.3. The highest BCUT2D eigenvalue weighted by Gasteiger charge is 2.44. The van der Waals surface area contributed by atoms with Crippen LogP contribution < -0.4 is 10.2 Å². The number of nitrogens with one attached hydrogen (secondary N) is 1. The van der Waals surface area contributed by atoms with Crippen molar-refractivity contribution in [2.75, 3.05) is 24.6 Å². The van der Waals surface area contributed by atoms with E-state index in [0.29, 0.717) is 4.88 Å². The number of thiophene rings is 1. The molecule has 200 valence electrons. The van der Waals surface area contributed by atoms with Gasteiger partial charge >= 0.3 is 0 Å². The van der Waals surface area contributed by atoms with Crippen molar-refractivity contribution < 1.29 is 30.0 Å². The number of amides is 1. The fraction of sp³-hybridized carbons (Fsp3) is 0.357. The van der Waals surface area contributed by atoms with Gasteiger partial charge in [-0.1, -0.05) is 18.2 Å². The molecule has 0 aliphatic carbocycles. The van der Waals surface area contributed by atoms with Crippen molar-refractivity contribution >= 4 is 39.8 Å². The zero-order chi connectivity index (χ0) is 27.4. The predicted molar refractivity (Wildman–Crippen MR) is 146 cm³/mol. The number of hydrogen-bond donors (Lipinski definition) is 5. The maximum absolute atomic E-state index is 12.7. The van der Waals surface area contributed by atoms with Gasteiger partial charge in [0.2, 0.25) is 0 Å². The van der Waals surface area contributed by atoms with Crippen molar-refractivity contribution in [2.24, 2.45) is 0 Å². The molecule has 1 aliphatic rings. The van der Waals surface area contributed by atoms with Crippen molar-refractivity contribution in [1.82, 2.24) is 5.32 Å². The summed E-state index contributed by atoms with van der Waals surface area (Å²) in [6.45, 7) is 5.53. The van der Waals surface area contributed by atoms with Crippen molar-refractivity contribution in [3.05, 3.63) is 59.0 Å². The van der Waals surface area contributed by atoms with Crippen LogP contribution in [0, 0.1) is 11.3 Å². The third-order valence-corrected chi connectivity index (χ3v) is 7.79. The molecule has 9 nitrogen and oxygen atoms in total. The Labute approximate surface area is 224 Å². The van der Waals surface area contributed by atoms with Gasteiger partial charge in [0.25, 0.3) is 5.91 Å². The molecule has 0 spiro atoms. The van der Waals surface area contributed by atoms with Gasteiger partial charge in [0, 0.05) is 28.5 Å². The summed E-state index contributed by atoms with van der Waals surface area (Å²) in [5.74, 6) is -0.835. The highest BCUT2D eigenvalue weighted by atomic mass is 32.1. The number of anilines is 1. The SMILES string of the molecule is CCN(CC)c1ccc2cc(-c3ccc(/C=C(\C#N)C(=O)N[C@H]4C(O)O[C@H](CO)[C@@H](O)[C@@H]4O)s3)ccc2c1. The number of fused-ring (bicyclic) bond motifs is 1. The van der Waals surface area contributed by atoms with Gasteiger partial charge in [-0.05, 0) is 66.6 Å². The highest BCUT2D eigenvalue weighted by molar-refractivity contribution is 7.16. The third-order valence-electron chi connectivity index (χ3n) is 6.71. The smallest absolute Gasteiger partial charge is 0.262 e. The summed E-state index contributed by atoms with van der Waals surface area (Å²) < 4.78 is 5.05. The van der Waals surface area contributed by atoms with Gasteiger partial charge in [0.15, 0.2) is 6.29 Å². The Hall–Kier alpha value is -3.30. The van der Waals surface area contributed by atoms with Crippen LogP contribution in [0.5, 0.6) is 0 Å². The molecule has 38 heavy (non-hydrogen) atoms. The topological polar surface area (TPSA) is 146 Å². The van der Waals surface area contributed by atoms with E-state index < -0.39 is 43.2 Å². The van der Waals surface area contributed by atoms with Crippen LogP contribution in [0.1, 0.15) is 18.7 Å². The molecule has 0 saturated carbocycles. The normalized spacial score (nSPS) is 23.7. The van der Waals surface area contributed by atoms with Crippen LogP contribution in [0.15, 0.2) is 54.1 Å². The second-order valence-corrected chi connectivity index (χ2v) is 10.1. The minimum Gasteiger partial charge on any atom is -0.394 e. The summed E-state index contributed by atoms with van der Waals surface area (Å²) in [5.41, 5.74) is 1.96. The van der Waals surface area contributed by atoms with Crippen molar-refractivity contribution in [2.45, 2.75) is 44.5 Å². The second kappa shape index (κ2) is 12.0. The molecule has 2 heterocycles. The van der Waals surface area contributed by atoms with E-state index in [2.05, 4.69) is 54.4 Å². The van der Waals surface area contributed by atoms with Crippen molar-refractivity contribution in [1.29, 1.82) is 5.26 Å². The molecule has 10 heteroatoms. The Balaban J connectivity index is 1.51. The minimum absolute atomic E-state index is 0.237. The summed E-state index contributed by atoms with van der Waals surface area (Å²) in [6.07, 6.45) is -4.55. The summed E-state index contributed by atoms with van der Waals surface area (Å²) in [4.78, 5) is 16.7. The molecule has 1 fully saturated rings. The fourth-order valence-corrected chi connectivity index (χ4v) is 5.48. The van der Waals surface area contributed by atoms with Crippen LogP contribution in [0.25, 0.3) is 27.3 Å². The van der Waals surface area contributed by atoms with E-state index in [-0.39, 0.29) is 5.57 Å². The Bertz CT molecular complexity index is 1360. The van der Waals surface area contributed by atoms with E-state index in [4.69, 9.17) is 4.74 Å². The standard InChI is InChI=1S/C28H31N3O6S/c1-3-31(4-2)20-8-7-16-11-18(6-5-17(16)12-20)23-10-9-21(38-23)13-19(14-29)27(35)30-24-26(34)25(33)22(15-32)37-28(24)36/h5-13,22,24-26,28,32-34,36H,3-4,15H2,1-2H3,(H,30,35)/b19-13+/t22-,24-,25-,26-,28?/m1/s1. The van der Waals surface area contributed by atoms with E-state index in [0.717, 1.165) is 34.3 Å². The Morgan fingerprint density at radius 3 is 2.47 bits per heavy atom. The Morgan fingerprint density at radius 1 is 1.08 bits per heavy atom. The number of aliphatic hydroxyl groups excluding tert-OH is 4. The first kappa shape index (κ1) is 27.7. The van der Waals surface area contributed by atoms with Gasteiger partial charge in [-0.2, -0.15) is 5.26 Å². The molecule has 1 aromatic heterocycles. The molecule has 1 aliphatic heterocycles. The number of benzene rings is 2. The van der Waals surface area contributed by atoms with Crippen LogP contribution in [0.4, 0.5) is 5.69 Å². The molecule has 1 amide bonds. The molecule has 5 atom stereocenters. The number of nitrogens with zero attached hydrogens (tertiary/aromatic N) is 2. The van der Waals surface area contributed by atoms with Crippen LogP contribution in [0.3, 0.4) is 0 Å². The summed E-state index contributed by atoms with van der Waals surface area (Å²) >= 11 is 1.41. The average Bonchev–Trinajstić information content (AvgIpc) is 3.40. The first-order valence-corrected chi connectivity index (χ1v) is 13.2. The molecular weight excluding hydrogens is 506 g/mol. The van der Waals surface area contributed by atoms with Crippen molar-refractivity contribution in [3.8, 4) is 16.5 Å². The molecule has 4 rings (SSSR count). The van der Waals surface area contributed by atoms with E-state index >= 15 is 0 Å². The van der Waals surface area contributed by atoms with Gasteiger partial charge < -0.3 is 35.4 Å². The zero-order valence-electron chi connectivity index (χ0n) is 21.1. The summed E-state index contributed by atoms with van der Waals surface area (Å²) in [7, 11) is 0. The molecule has 0 radical (unpaired) electrons. The maximum atomic E-state index is 12.7. The number of hydrogen-bond acceptors (Lipinski definition) is 9. The van der Waals surface area contributed by atoms with Gasteiger partial charge in [-0.15, -0.1) is 11.3 Å². The third kappa shape index (κ3) is 5.73. The second-order valence-electron chi connectivity index (χ2n) is 9.02. The predicted octanol–water partition coefficient (Wildman–Crippen LogP) is 2.24. The van der Waals surface area contributed by atoms with E-state index in [1.165, 1.54) is 23.1 Å². The quantitative estimate of drug-likeness (QED) is 0.217. The molecular formula is C28H31N3O6S. The number of rotatable bonds is 8. The largest absolute Gasteiger partial charge is 0.394 e. The molecule has 1 unspecified atom stereocenters.